The third-order valence-electron chi connectivity index (χ3n) is 5.03. The van der Waals surface area contributed by atoms with E-state index in [9.17, 15) is 18.0 Å². The highest BCUT2D eigenvalue weighted by molar-refractivity contribution is 7.99. The highest BCUT2D eigenvalue weighted by Gasteiger charge is 2.15. The van der Waals surface area contributed by atoms with Gasteiger partial charge in [0.1, 0.15) is 4.70 Å². The number of thiophene rings is 1. The largest absolute Gasteiger partial charge is 0.355 e. The summed E-state index contributed by atoms with van der Waals surface area (Å²) < 4.78 is 24.9. The monoisotopic (exact) mass is 514 g/mol. The molecule has 0 saturated carbocycles. The Bertz CT molecular complexity index is 1460. The third kappa shape index (κ3) is 5.92. The first kappa shape index (κ1) is 24.1. The maximum Gasteiger partial charge on any atom is 0.272 e. The average Bonchev–Trinajstić information content (AvgIpc) is 3.29. The van der Waals surface area contributed by atoms with Crippen LogP contribution in [-0.4, -0.2) is 36.2 Å². The normalized spacial score (nSPS) is 11.6. The van der Waals surface area contributed by atoms with Crippen LogP contribution in [0.3, 0.4) is 0 Å². The lowest BCUT2D eigenvalue weighted by Crippen LogP contribution is -2.28. The smallest absolute Gasteiger partial charge is 0.272 e. The van der Waals surface area contributed by atoms with Crippen molar-refractivity contribution in [3.63, 3.8) is 0 Å². The third-order valence-corrected chi connectivity index (χ3v) is 7.83. The van der Waals surface area contributed by atoms with Gasteiger partial charge < -0.3 is 5.32 Å². The van der Waals surface area contributed by atoms with Crippen LogP contribution < -0.4 is 16.0 Å². The van der Waals surface area contributed by atoms with Crippen LogP contribution >= 0.6 is 23.1 Å². The second-order valence-electron chi connectivity index (χ2n) is 7.48. The van der Waals surface area contributed by atoms with Crippen LogP contribution in [0.15, 0.2) is 80.9 Å². The van der Waals surface area contributed by atoms with Gasteiger partial charge in [0.25, 0.3) is 5.56 Å². The second-order valence-corrected chi connectivity index (χ2v) is 10.9. The number of primary sulfonamides is 1. The zero-order valence-corrected chi connectivity index (χ0v) is 20.5. The molecule has 0 fully saturated rings. The van der Waals surface area contributed by atoms with Gasteiger partial charge in [0.2, 0.25) is 15.9 Å². The molecule has 11 heteroatoms. The van der Waals surface area contributed by atoms with Gasteiger partial charge in [0.15, 0.2) is 5.16 Å². The fourth-order valence-corrected chi connectivity index (χ4v) is 5.43. The highest BCUT2D eigenvalue weighted by atomic mass is 32.2. The Kier molecular flexibility index (Phi) is 7.47. The van der Waals surface area contributed by atoms with Crippen molar-refractivity contribution < 1.29 is 13.2 Å². The van der Waals surface area contributed by atoms with E-state index in [-0.39, 0.29) is 22.1 Å². The summed E-state index contributed by atoms with van der Waals surface area (Å²) in [5, 5.41) is 10.3. The van der Waals surface area contributed by atoms with Crippen molar-refractivity contribution >= 4 is 49.2 Å². The van der Waals surface area contributed by atoms with Gasteiger partial charge in [-0.05, 0) is 41.1 Å². The maximum atomic E-state index is 13.0. The van der Waals surface area contributed by atoms with Crippen molar-refractivity contribution in [2.75, 3.05) is 12.3 Å². The molecule has 2 aromatic carbocycles. The Balaban J connectivity index is 1.39. The molecule has 0 unspecified atom stereocenters. The molecule has 0 saturated heterocycles. The first-order valence-corrected chi connectivity index (χ1v) is 13.8. The van der Waals surface area contributed by atoms with E-state index in [1.807, 2.05) is 35.7 Å². The average molecular weight is 515 g/mol. The quantitative estimate of drug-likeness (QED) is 0.261. The summed E-state index contributed by atoms with van der Waals surface area (Å²) in [5.74, 6) is -0.0709. The van der Waals surface area contributed by atoms with E-state index >= 15 is 0 Å². The first-order valence-electron chi connectivity index (χ1n) is 10.3. The molecule has 0 bridgehead atoms. The molecule has 1 amide bonds. The lowest BCUT2D eigenvalue weighted by atomic mass is 10.1. The Morgan fingerprint density at radius 3 is 2.50 bits per heavy atom. The number of fused-ring (bicyclic) bond motifs is 1. The van der Waals surface area contributed by atoms with Crippen LogP contribution in [0.1, 0.15) is 11.1 Å². The summed E-state index contributed by atoms with van der Waals surface area (Å²) in [4.78, 5) is 30.1. The minimum Gasteiger partial charge on any atom is -0.355 e. The zero-order valence-electron chi connectivity index (χ0n) is 18.0. The van der Waals surface area contributed by atoms with E-state index in [2.05, 4.69) is 10.3 Å². The number of carbonyl (C=O) groups is 1. The minimum absolute atomic E-state index is 0.0494. The predicted octanol–water partition coefficient (Wildman–Crippen LogP) is 2.60. The van der Waals surface area contributed by atoms with E-state index in [0.29, 0.717) is 34.9 Å². The Hall–Kier alpha value is -2.99. The molecule has 0 aliphatic heterocycles. The number of nitrogens with one attached hydrogen (secondary N) is 1. The SMILES string of the molecule is NS(=O)(=O)c1ccc(CCNC(=O)CSc2nc3ccsc3c(=O)n2Cc2ccccc2)cc1. The van der Waals surface area contributed by atoms with Crippen LogP contribution in [0.5, 0.6) is 0 Å². The molecule has 2 aromatic heterocycles. The van der Waals surface area contributed by atoms with E-state index in [0.717, 1.165) is 11.1 Å². The number of nitrogens with two attached hydrogens (primary N) is 1. The summed E-state index contributed by atoms with van der Waals surface area (Å²) >= 11 is 2.58. The lowest BCUT2D eigenvalue weighted by molar-refractivity contribution is -0.118. The lowest BCUT2D eigenvalue weighted by Gasteiger charge is -2.12. The van der Waals surface area contributed by atoms with Crippen LogP contribution in [-0.2, 0) is 27.8 Å². The predicted molar refractivity (Wildman–Crippen MR) is 135 cm³/mol. The molecule has 2 heterocycles. The molecule has 4 rings (SSSR count). The minimum atomic E-state index is -3.73. The van der Waals surface area contributed by atoms with Crippen LogP contribution in [0.2, 0.25) is 0 Å². The van der Waals surface area contributed by atoms with Crippen molar-refractivity contribution in [2.45, 2.75) is 23.0 Å². The van der Waals surface area contributed by atoms with E-state index < -0.39 is 10.0 Å². The molecule has 0 atom stereocenters. The molecule has 0 aliphatic carbocycles. The standard InChI is InChI=1S/C23H22N4O4S3/c24-34(30,31)18-8-6-16(7-9-18)10-12-25-20(28)15-33-23-26-19-11-13-32-21(19)22(29)27(23)14-17-4-2-1-3-5-17/h1-9,11,13H,10,12,14-15H2,(H,25,28)(H2,24,30,31). The van der Waals surface area contributed by atoms with Gasteiger partial charge >= 0.3 is 0 Å². The number of thioether (sulfide) groups is 1. The maximum absolute atomic E-state index is 13.0. The summed E-state index contributed by atoms with van der Waals surface area (Å²) in [6.07, 6.45) is 0.541. The Labute approximate surface area is 204 Å². The highest BCUT2D eigenvalue weighted by Crippen LogP contribution is 2.21. The molecule has 0 aliphatic rings. The van der Waals surface area contributed by atoms with Crippen molar-refractivity contribution in [1.82, 2.24) is 14.9 Å². The number of hydrogen-bond acceptors (Lipinski definition) is 7. The Morgan fingerprint density at radius 1 is 1.06 bits per heavy atom. The molecule has 8 nitrogen and oxygen atoms in total. The van der Waals surface area contributed by atoms with Gasteiger partial charge in [-0.1, -0.05) is 54.2 Å². The van der Waals surface area contributed by atoms with E-state index in [4.69, 9.17) is 5.14 Å². The van der Waals surface area contributed by atoms with Gasteiger partial charge in [-0.15, -0.1) is 11.3 Å². The number of rotatable bonds is 9. The van der Waals surface area contributed by atoms with Gasteiger partial charge in [-0.3, -0.25) is 14.2 Å². The fraction of sp³-hybridized carbons (Fsp3) is 0.174. The number of hydrogen-bond donors (Lipinski definition) is 2. The van der Waals surface area contributed by atoms with Gasteiger partial charge in [0.05, 0.1) is 22.7 Å². The molecule has 3 N–H and O–H groups in total. The fourth-order valence-electron chi connectivity index (χ4n) is 3.31. The van der Waals surface area contributed by atoms with Crippen LogP contribution in [0.25, 0.3) is 10.2 Å². The Morgan fingerprint density at radius 2 is 1.79 bits per heavy atom. The summed E-state index contributed by atoms with van der Waals surface area (Å²) in [7, 11) is -3.73. The number of amides is 1. The van der Waals surface area contributed by atoms with Crippen molar-refractivity contribution in [3.05, 3.63) is 87.5 Å². The number of sulfonamides is 1. The van der Waals surface area contributed by atoms with Crippen molar-refractivity contribution in [3.8, 4) is 0 Å². The molecule has 0 radical (unpaired) electrons. The molecular formula is C23H22N4O4S3. The molecule has 176 valence electrons. The molecular weight excluding hydrogens is 492 g/mol. The molecule has 4 aromatic rings. The van der Waals surface area contributed by atoms with Gasteiger partial charge in [0, 0.05) is 6.54 Å². The van der Waals surface area contributed by atoms with Gasteiger partial charge in [-0.2, -0.15) is 0 Å². The van der Waals surface area contributed by atoms with Crippen molar-refractivity contribution in [1.29, 1.82) is 0 Å². The topological polar surface area (TPSA) is 124 Å². The number of nitrogens with zero attached hydrogens (tertiary/aromatic N) is 2. The number of benzene rings is 2. The number of carbonyl (C=O) groups excluding carboxylic acids is 1. The van der Waals surface area contributed by atoms with E-state index in [1.54, 1.807) is 22.8 Å². The second kappa shape index (κ2) is 10.5. The summed E-state index contributed by atoms with van der Waals surface area (Å²) in [5.41, 5.74) is 2.36. The molecule has 0 spiro atoms. The van der Waals surface area contributed by atoms with E-state index in [1.165, 1.54) is 35.2 Å². The summed E-state index contributed by atoms with van der Waals surface area (Å²) in [6.45, 7) is 0.765. The first-order chi connectivity index (χ1) is 16.3. The van der Waals surface area contributed by atoms with Gasteiger partial charge in [-0.25, -0.2) is 18.5 Å². The number of aromatic nitrogens is 2. The molecule has 34 heavy (non-hydrogen) atoms. The van der Waals surface area contributed by atoms with Crippen LogP contribution in [0.4, 0.5) is 0 Å². The zero-order chi connectivity index (χ0) is 24.1. The van der Waals surface area contributed by atoms with Crippen LogP contribution in [0, 0.1) is 0 Å². The summed E-state index contributed by atoms with van der Waals surface area (Å²) in [6, 6.07) is 17.7. The van der Waals surface area contributed by atoms with Crippen molar-refractivity contribution in [2.24, 2.45) is 5.14 Å².